The van der Waals surface area contributed by atoms with E-state index in [-0.39, 0.29) is 11.9 Å². The number of rotatable bonds is 2. The Morgan fingerprint density at radius 1 is 1.44 bits per heavy atom. The number of nitrogen functional groups attached to an aromatic ring is 1. The summed E-state index contributed by atoms with van der Waals surface area (Å²) in [4.78, 5) is 24.5. The molecule has 1 heterocycles. The van der Waals surface area contributed by atoms with E-state index in [1.165, 1.54) is 0 Å². The Hall–Kier alpha value is -1.84. The summed E-state index contributed by atoms with van der Waals surface area (Å²) in [6, 6.07) is 6.66. The molecular formula is C12H14N2O2. The maximum atomic E-state index is 12.1. The lowest BCUT2D eigenvalue weighted by Crippen LogP contribution is -2.36. The zero-order valence-corrected chi connectivity index (χ0v) is 8.93. The fraction of sp³-hybridized carbons (Fsp3) is 0.333. The molecule has 0 aliphatic carbocycles. The van der Waals surface area contributed by atoms with Crippen molar-refractivity contribution < 1.29 is 9.59 Å². The molecule has 0 aromatic heterocycles. The lowest BCUT2D eigenvalue weighted by Gasteiger charge is -2.21. The molecule has 1 amide bonds. The van der Waals surface area contributed by atoms with Crippen LogP contribution < -0.4 is 5.73 Å². The maximum absolute atomic E-state index is 12.1. The monoisotopic (exact) mass is 218 g/mol. The van der Waals surface area contributed by atoms with Crippen LogP contribution in [0.5, 0.6) is 0 Å². The molecule has 2 N–H and O–H groups in total. The number of amides is 1. The lowest BCUT2D eigenvalue weighted by molar-refractivity contribution is -0.111. The predicted molar refractivity (Wildman–Crippen MR) is 61.0 cm³/mol. The van der Waals surface area contributed by atoms with E-state index in [4.69, 9.17) is 5.73 Å². The van der Waals surface area contributed by atoms with Crippen molar-refractivity contribution in [2.75, 3.05) is 12.3 Å². The van der Waals surface area contributed by atoms with Crippen molar-refractivity contribution in [2.24, 2.45) is 0 Å². The van der Waals surface area contributed by atoms with Gasteiger partial charge in [-0.05, 0) is 25.0 Å². The standard InChI is InChI=1S/C12H14N2O2/c13-11-6-2-1-5-10(11)12(16)14-7-3-4-9(14)8-15/h1-2,5-6,8-9H,3-4,7,13H2. The smallest absolute Gasteiger partial charge is 0.256 e. The van der Waals surface area contributed by atoms with Crippen LogP contribution in [-0.2, 0) is 4.79 Å². The van der Waals surface area contributed by atoms with Gasteiger partial charge >= 0.3 is 0 Å². The molecule has 0 radical (unpaired) electrons. The van der Waals surface area contributed by atoms with Crippen LogP contribution >= 0.6 is 0 Å². The number of likely N-dealkylation sites (tertiary alicyclic amines) is 1. The molecule has 0 saturated carbocycles. The summed E-state index contributed by atoms with van der Waals surface area (Å²) in [6.07, 6.45) is 2.47. The summed E-state index contributed by atoms with van der Waals surface area (Å²) in [5, 5.41) is 0. The number of hydrogen-bond donors (Lipinski definition) is 1. The zero-order valence-electron chi connectivity index (χ0n) is 8.93. The summed E-state index contributed by atoms with van der Waals surface area (Å²) in [6.45, 7) is 0.635. The first-order valence-corrected chi connectivity index (χ1v) is 5.35. The molecule has 1 saturated heterocycles. The Morgan fingerprint density at radius 2 is 2.19 bits per heavy atom. The van der Waals surface area contributed by atoms with Gasteiger partial charge in [-0.3, -0.25) is 4.79 Å². The van der Waals surface area contributed by atoms with E-state index < -0.39 is 0 Å². The van der Waals surface area contributed by atoms with Crippen LogP contribution in [0.15, 0.2) is 24.3 Å². The molecule has 0 bridgehead atoms. The van der Waals surface area contributed by atoms with Gasteiger partial charge in [-0.15, -0.1) is 0 Å². The van der Waals surface area contributed by atoms with Crippen molar-refractivity contribution in [1.82, 2.24) is 4.90 Å². The van der Waals surface area contributed by atoms with Crippen LogP contribution in [-0.4, -0.2) is 29.7 Å². The van der Waals surface area contributed by atoms with Gasteiger partial charge in [0.2, 0.25) is 0 Å². The van der Waals surface area contributed by atoms with Gasteiger partial charge in [0.25, 0.3) is 5.91 Å². The van der Waals surface area contributed by atoms with Crippen LogP contribution in [0.4, 0.5) is 5.69 Å². The Morgan fingerprint density at radius 3 is 2.88 bits per heavy atom. The highest BCUT2D eigenvalue weighted by atomic mass is 16.2. The van der Waals surface area contributed by atoms with Crippen molar-refractivity contribution in [3.05, 3.63) is 29.8 Å². The molecule has 4 nitrogen and oxygen atoms in total. The zero-order chi connectivity index (χ0) is 11.5. The molecule has 2 rings (SSSR count). The highest BCUT2D eigenvalue weighted by molar-refractivity contribution is 6.00. The quantitative estimate of drug-likeness (QED) is 0.596. The molecule has 1 fully saturated rings. The Labute approximate surface area is 94.0 Å². The van der Waals surface area contributed by atoms with Gasteiger partial charge in [0.15, 0.2) is 0 Å². The van der Waals surface area contributed by atoms with Gasteiger partial charge in [0, 0.05) is 12.2 Å². The van der Waals surface area contributed by atoms with E-state index in [1.807, 2.05) is 0 Å². The second kappa shape index (κ2) is 4.35. The SMILES string of the molecule is Nc1ccccc1C(=O)N1CCCC1C=O. The maximum Gasteiger partial charge on any atom is 0.256 e. The van der Waals surface area contributed by atoms with E-state index in [9.17, 15) is 9.59 Å². The molecular weight excluding hydrogens is 204 g/mol. The van der Waals surface area contributed by atoms with E-state index in [0.29, 0.717) is 17.8 Å². The van der Waals surface area contributed by atoms with E-state index in [2.05, 4.69) is 0 Å². The molecule has 1 aromatic rings. The fourth-order valence-corrected chi connectivity index (χ4v) is 2.03. The first kappa shape index (κ1) is 10.7. The minimum absolute atomic E-state index is 0.146. The molecule has 16 heavy (non-hydrogen) atoms. The molecule has 1 unspecified atom stereocenters. The minimum atomic E-state index is -0.285. The lowest BCUT2D eigenvalue weighted by atomic mass is 10.1. The fourth-order valence-electron chi connectivity index (χ4n) is 2.03. The first-order valence-electron chi connectivity index (χ1n) is 5.35. The third kappa shape index (κ3) is 1.78. The highest BCUT2D eigenvalue weighted by Gasteiger charge is 2.29. The second-order valence-electron chi connectivity index (χ2n) is 3.93. The molecule has 1 aliphatic rings. The number of nitrogens with two attached hydrogens (primary N) is 1. The normalized spacial score (nSPS) is 19.8. The predicted octanol–water partition coefficient (Wildman–Crippen LogP) is 1.07. The van der Waals surface area contributed by atoms with Crippen LogP contribution in [0.25, 0.3) is 0 Å². The minimum Gasteiger partial charge on any atom is -0.398 e. The van der Waals surface area contributed by atoms with Crippen LogP contribution in [0.2, 0.25) is 0 Å². The van der Waals surface area contributed by atoms with Crippen molar-refractivity contribution in [2.45, 2.75) is 18.9 Å². The van der Waals surface area contributed by atoms with Gasteiger partial charge in [0.1, 0.15) is 6.29 Å². The number of aldehydes is 1. The summed E-state index contributed by atoms with van der Waals surface area (Å²) in [5.74, 6) is -0.146. The van der Waals surface area contributed by atoms with Crippen molar-refractivity contribution in [3.8, 4) is 0 Å². The number of nitrogens with zero attached hydrogens (tertiary/aromatic N) is 1. The van der Waals surface area contributed by atoms with Crippen molar-refractivity contribution >= 4 is 17.9 Å². The van der Waals surface area contributed by atoms with Gasteiger partial charge in [0.05, 0.1) is 11.6 Å². The number of anilines is 1. The Balaban J connectivity index is 2.25. The van der Waals surface area contributed by atoms with Gasteiger partial charge in [-0.2, -0.15) is 0 Å². The van der Waals surface area contributed by atoms with Crippen molar-refractivity contribution in [3.63, 3.8) is 0 Å². The summed E-state index contributed by atoms with van der Waals surface area (Å²) in [7, 11) is 0. The molecule has 84 valence electrons. The van der Waals surface area contributed by atoms with E-state index in [0.717, 1.165) is 19.1 Å². The third-order valence-electron chi connectivity index (χ3n) is 2.91. The van der Waals surface area contributed by atoms with Gasteiger partial charge in [-0.1, -0.05) is 12.1 Å². The number of hydrogen-bond acceptors (Lipinski definition) is 3. The molecule has 1 aliphatic heterocycles. The van der Waals surface area contributed by atoms with E-state index >= 15 is 0 Å². The highest BCUT2D eigenvalue weighted by Crippen LogP contribution is 2.21. The van der Waals surface area contributed by atoms with E-state index in [1.54, 1.807) is 29.2 Å². The van der Waals surface area contributed by atoms with Gasteiger partial charge in [-0.25, -0.2) is 0 Å². The molecule has 4 heteroatoms. The van der Waals surface area contributed by atoms with Gasteiger partial charge < -0.3 is 15.4 Å². The van der Waals surface area contributed by atoms with Crippen LogP contribution in [0.1, 0.15) is 23.2 Å². The Bertz CT molecular complexity index is 417. The first-order chi connectivity index (χ1) is 7.74. The summed E-state index contributed by atoms with van der Waals surface area (Å²) < 4.78 is 0. The van der Waals surface area contributed by atoms with Crippen molar-refractivity contribution in [1.29, 1.82) is 0 Å². The molecule has 1 aromatic carbocycles. The Kier molecular flexibility index (Phi) is 2.90. The molecule has 0 spiro atoms. The largest absolute Gasteiger partial charge is 0.398 e. The topological polar surface area (TPSA) is 63.4 Å². The third-order valence-corrected chi connectivity index (χ3v) is 2.91. The van der Waals surface area contributed by atoms with Crippen LogP contribution in [0.3, 0.4) is 0 Å². The second-order valence-corrected chi connectivity index (χ2v) is 3.93. The van der Waals surface area contributed by atoms with Crippen LogP contribution in [0, 0.1) is 0 Å². The number of carbonyl (C=O) groups is 2. The number of para-hydroxylation sites is 1. The average Bonchev–Trinajstić information content (AvgIpc) is 2.77. The summed E-state index contributed by atoms with van der Waals surface area (Å²) in [5.41, 5.74) is 6.68. The number of benzene rings is 1. The number of carbonyl (C=O) groups excluding carboxylic acids is 2. The average molecular weight is 218 g/mol. The summed E-state index contributed by atoms with van der Waals surface area (Å²) >= 11 is 0. The molecule has 1 atom stereocenters.